The summed E-state index contributed by atoms with van der Waals surface area (Å²) in [5.41, 5.74) is 8.70. The fourth-order valence-electron chi connectivity index (χ4n) is 3.91. The maximum Gasteiger partial charge on any atom is 0.277 e. The average molecular weight is 432 g/mol. The van der Waals surface area contributed by atoms with Gasteiger partial charge in [-0.15, -0.1) is 0 Å². The summed E-state index contributed by atoms with van der Waals surface area (Å²) < 4.78 is 4.52. The fraction of sp³-hybridized carbons (Fsp3) is 0.483. The number of nitrogens with zero attached hydrogens (tertiary/aromatic N) is 3. The Bertz CT molecular complexity index is 1140. The fourth-order valence-corrected chi connectivity index (χ4v) is 3.91. The highest BCUT2D eigenvalue weighted by Crippen LogP contribution is 2.31. The molecule has 0 aliphatic rings. The summed E-state index contributed by atoms with van der Waals surface area (Å²) >= 11 is 0. The highest BCUT2D eigenvalue weighted by molar-refractivity contribution is 5.59. The van der Waals surface area contributed by atoms with Gasteiger partial charge in [0.2, 0.25) is 5.69 Å². The molecule has 3 heteroatoms. The van der Waals surface area contributed by atoms with E-state index in [-0.39, 0.29) is 16.2 Å². The first-order chi connectivity index (χ1) is 14.6. The minimum absolute atomic E-state index is 0.0274. The zero-order chi connectivity index (χ0) is 24.1. The second-order valence-electron chi connectivity index (χ2n) is 12.2. The molecule has 0 unspecified atom stereocenters. The van der Waals surface area contributed by atoms with Crippen LogP contribution in [-0.4, -0.2) is 4.98 Å². The Morgan fingerprint density at radius 3 is 1.66 bits per heavy atom. The molecule has 0 N–H and O–H groups in total. The van der Waals surface area contributed by atoms with E-state index in [0.717, 1.165) is 11.4 Å². The zero-order valence-electron chi connectivity index (χ0n) is 22.0. The molecule has 0 saturated heterocycles. The van der Waals surface area contributed by atoms with Crippen LogP contribution in [0, 0.1) is 0 Å². The Balaban J connectivity index is 2.34. The van der Waals surface area contributed by atoms with E-state index in [1.807, 2.05) is 6.20 Å². The smallest absolute Gasteiger partial charge is 0.250 e. The number of hydrogen-bond donors (Lipinski definition) is 0. The quantitative estimate of drug-likeness (QED) is 0.459. The normalized spacial score (nSPS) is 12.8. The number of rotatable bonds is 2. The van der Waals surface area contributed by atoms with Crippen LogP contribution in [0.3, 0.4) is 0 Å². The average Bonchev–Trinajstić information content (AvgIpc) is 2.66. The molecule has 0 saturated carbocycles. The van der Waals surface area contributed by atoms with Crippen molar-refractivity contribution in [3.05, 3.63) is 65.5 Å². The van der Waals surface area contributed by atoms with Crippen molar-refractivity contribution in [3.63, 3.8) is 0 Å². The lowest BCUT2D eigenvalue weighted by molar-refractivity contribution is -0.685. The Labute approximate surface area is 195 Å². The Morgan fingerprint density at radius 1 is 0.594 bits per heavy atom. The second-order valence-corrected chi connectivity index (χ2v) is 12.2. The van der Waals surface area contributed by atoms with Gasteiger partial charge in [0, 0.05) is 30.5 Å². The minimum atomic E-state index is 0.0274. The first kappa shape index (κ1) is 24.1. The van der Waals surface area contributed by atoms with Crippen LogP contribution in [0.4, 0.5) is 0 Å². The van der Waals surface area contributed by atoms with E-state index >= 15 is 0 Å². The van der Waals surface area contributed by atoms with Crippen LogP contribution in [0.5, 0.6) is 0 Å². The van der Waals surface area contributed by atoms with Crippen molar-refractivity contribution in [1.82, 2.24) is 4.98 Å². The number of aryl methyl sites for hydroxylation is 1. The van der Waals surface area contributed by atoms with Gasteiger partial charge in [-0.25, -0.2) is 4.98 Å². The molecular weight excluding hydrogens is 390 g/mol. The van der Waals surface area contributed by atoms with Crippen LogP contribution in [-0.2, 0) is 30.3 Å². The zero-order valence-corrected chi connectivity index (χ0v) is 22.0. The summed E-state index contributed by atoms with van der Waals surface area (Å²) in [5, 5.41) is 0. The lowest BCUT2D eigenvalue weighted by atomic mass is 9.84. The number of pyridine rings is 3. The van der Waals surface area contributed by atoms with Gasteiger partial charge in [0.1, 0.15) is 19.8 Å². The van der Waals surface area contributed by atoms with E-state index in [4.69, 9.17) is 4.98 Å². The lowest BCUT2D eigenvalue weighted by Gasteiger charge is -2.21. The van der Waals surface area contributed by atoms with E-state index in [0.29, 0.717) is 0 Å². The first-order valence-corrected chi connectivity index (χ1v) is 11.6. The van der Waals surface area contributed by atoms with E-state index in [2.05, 4.69) is 128 Å². The molecule has 3 aromatic rings. The molecule has 32 heavy (non-hydrogen) atoms. The molecule has 170 valence electrons. The van der Waals surface area contributed by atoms with Gasteiger partial charge >= 0.3 is 0 Å². The van der Waals surface area contributed by atoms with Crippen LogP contribution in [0.2, 0.25) is 0 Å². The Hall–Kier alpha value is -2.55. The molecule has 0 aromatic carbocycles. The second kappa shape index (κ2) is 8.10. The van der Waals surface area contributed by atoms with Gasteiger partial charge in [-0.2, -0.15) is 9.13 Å². The molecular formula is C29H41N3+2. The van der Waals surface area contributed by atoms with Crippen molar-refractivity contribution in [2.75, 3.05) is 0 Å². The van der Waals surface area contributed by atoms with Crippen molar-refractivity contribution < 1.29 is 9.13 Å². The van der Waals surface area contributed by atoms with Crippen LogP contribution < -0.4 is 9.13 Å². The van der Waals surface area contributed by atoms with Crippen molar-refractivity contribution in [3.8, 4) is 22.8 Å². The lowest BCUT2D eigenvalue weighted by Crippen LogP contribution is -2.41. The molecule has 0 amide bonds. The number of aromatic nitrogens is 3. The van der Waals surface area contributed by atoms with Gasteiger partial charge in [-0.05, 0) is 45.1 Å². The summed E-state index contributed by atoms with van der Waals surface area (Å²) in [6.07, 6.45) is 4.12. The van der Waals surface area contributed by atoms with Gasteiger partial charge in [-0.3, -0.25) is 0 Å². The Morgan fingerprint density at radius 2 is 1.09 bits per heavy atom. The van der Waals surface area contributed by atoms with E-state index in [9.17, 15) is 0 Å². The summed E-state index contributed by atoms with van der Waals surface area (Å²) in [7, 11) is 4.29. The standard InChI is InChI=1S/C29H41N3/c1-27(2,3)20-12-14-30-23(16-20)24-18-22(29(7,8)9)19-26(32(24)11)25-17-21(28(4,5)6)13-15-31(25)10/h12-19H,1-11H3/q+2. The summed E-state index contributed by atoms with van der Waals surface area (Å²) in [5.74, 6) is 0. The van der Waals surface area contributed by atoms with Crippen molar-refractivity contribution in [1.29, 1.82) is 0 Å². The first-order valence-electron chi connectivity index (χ1n) is 11.6. The predicted molar refractivity (Wildman–Crippen MR) is 134 cm³/mol. The maximum absolute atomic E-state index is 4.79. The van der Waals surface area contributed by atoms with Crippen LogP contribution >= 0.6 is 0 Å². The molecule has 0 radical (unpaired) electrons. The molecule has 0 fully saturated rings. The highest BCUT2D eigenvalue weighted by atomic mass is 15.0. The van der Waals surface area contributed by atoms with Gasteiger partial charge < -0.3 is 0 Å². The molecule has 0 spiro atoms. The van der Waals surface area contributed by atoms with Gasteiger partial charge in [0.05, 0.1) is 0 Å². The molecule has 0 aliphatic heterocycles. The molecule has 0 bridgehead atoms. The summed E-state index contributed by atoms with van der Waals surface area (Å²) in [4.78, 5) is 4.79. The molecule has 3 aromatic heterocycles. The minimum Gasteiger partial charge on any atom is -0.250 e. The van der Waals surface area contributed by atoms with E-state index in [1.54, 1.807) is 0 Å². The third kappa shape index (κ3) is 4.92. The third-order valence-corrected chi connectivity index (χ3v) is 6.34. The van der Waals surface area contributed by atoms with Crippen molar-refractivity contribution in [2.24, 2.45) is 14.1 Å². The highest BCUT2D eigenvalue weighted by Gasteiger charge is 2.30. The molecule has 0 atom stereocenters. The molecule has 3 heterocycles. The van der Waals surface area contributed by atoms with Crippen LogP contribution in [0.15, 0.2) is 48.8 Å². The van der Waals surface area contributed by atoms with Crippen LogP contribution in [0.25, 0.3) is 22.8 Å². The van der Waals surface area contributed by atoms with Gasteiger partial charge in [-0.1, -0.05) is 62.3 Å². The van der Waals surface area contributed by atoms with Crippen molar-refractivity contribution in [2.45, 2.75) is 78.6 Å². The van der Waals surface area contributed by atoms with Gasteiger partial charge in [0.25, 0.3) is 11.4 Å². The molecule has 0 aliphatic carbocycles. The third-order valence-electron chi connectivity index (χ3n) is 6.34. The monoisotopic (exact) mass is 431 g/mol. The Kier molecular flexibility index (Phi) is 6.10. The summed E-state index contributed by atoms with van der Waals surface area (Å²) in [6, 6.07) is 13.6. The van der Waals surface area contributed by atoms with Crippen LogP contribution in [0.1, 0.15) is 79.0 Å². The molecule has 3 rings (SSSR count). The maximum atomic E-state index is 4.79. The van der Waals surface area contributed by atoms with Crippen molar-refractivity contribution >= 4 is 0 Å². The number of hydrogen-bond acceptors (Lipinski definition) is 1. The SMILES string of the molecule is C[n+]1ccc(C(C)(C)C)cc1-c1cc(C(C)(C)C)cc(-c2cc(C(C)(C)C)ccn2)[n+]1C. The van der Waals surface area contributed by atoms with Gasteiger partial charge in [0.15, 0.2) is 6.20 Å². The largest absolute Gasteiger partial charge is 0.277 e. The predicted octanol–water partition coefficient (Wildman–Crippen LogP) is 5.96. The summed E-state index contributed by atoms with van der Waals surface area (Å²) in [6.45, 7) is 20.4. The van der Waals surface area contributed by atoms with E-state index < -0.39 is 0 Å². The topological polar surface area (TPSA) is 20.6 Å². The molecule has 3 nitrogen and oxygen atoms in total. The van der Waals surface area contributed by atoms with E-state index in [1.165, 1.54) is 28.1 Å².